The number of ether oxygens (including phenoxy) is 1. The largest absolute Gasteiger partial charge is 0.452 e. The first-order chi connectivity index (χ1) is 11.9. The van der Waals surface area contributed by atoms with Crippen molar-refractivity contribution in [3.05, 3.63) is 29.8 Å². The van der Waals surface area contributed by atoms with Gasteiger partial charge in [0, 0.05) is 19.0 Å². The molecule has 0 unspecified atom stereocenters. The molecule has 9 heteroatoms. The number of likely N-dealkylation sites (tertiary alicyclic amines) is 1. The Labute approximate surface area is 145 Å². The molecule has 0 atom stereocenters. The Balaban J connectivity index is 1.63. The van der Waals surface area contributed by atoms with E-state index < -0.39 is 28.5 Å². The van der Waals surface area contributed by atoms with Gasteiger partial charge in [-0.05, 0) is 37.5 Å². The zero-order valence-corrected chi connectivity index (χ0v) is 14.3. The number of hydrogen-bond acceptors (Lipinski definition) is 6. The summed E-state index contributed by atoms with van der Waals surface area (Å²) in [7, 11) is -3.68. The maximum Gasteiger partial charge on any atom is 0.338 e. The second-order valence-corrected chi connectivity index (χ2v) is 7.76. The Morgan fingerprint density at radius 2 is 2.04 bits per heavy atom. The molecule has 3 rings (SSSR count). The number of nitrogens with zero attached hydrogens (tertiary/aromatic N) is 1. The third-order valence-corrected chi connectivity index (χ3v) is 5.50. The number of sulfonamides is 1. The number of imide groups is 1. The second kappa shape index (κ2) is 6.93. The summed E-state index contributed by atoms with van der Waals surface area (Å²) in [6.07, 6.45) is 2.52. The Bertz CT molecular complexity index is 816. The first-order valence-corrected chi connectivity index (χ1v) is 9.48. The van der Waals surface area contributed by atoms with Gasteiger partial charge in [-0.2, -0.15) is 0 Å². The van der Waals surface area contributed by atoms with E-state index in [0.717, 1.165) is 17.7 Å². The highest BCUT2D eigenvalue weighted by molar-refractivity contribution is 7.89. The number of benzene rings is 1. The summed E-state index contributed by atoms with van der Waals surface area (Å²) in [6.45, 7) is -0.225. The molecule has 1 aliphatic carbocycles. The van der Waals surface area contributed by atoms with Crippen LogP contribution in [0.25, 0.3) is 0 Å². The molecular formula is C16H18N2O6S. The van der Waals surface area contributed by atoms with Gasteiger partial charge >= 0.3 is 5.97 Å². The molecule has 134 valence electrons. The van der Waals surface area contributed by atoms with Crippen molar-refractivity contribution in [2.45, 2.75) is 36.6 Å². The number of hydrogen-bond donors (Lipinski definition) is 1. The maximum absolute atomic E-state index is 12.2. The molecule has 1 N–H and O–H groups in total. The van der Waals surface area contributed by atoms with Gasteiger partial charge < -0.3 is 4.74 Å². The molecule has 1 aromatic carbocycles. The Hall–Kier alpha value is -2.26. The predicted molar refractivity (Wildman–Crippen MR) is 86.0 cm³/mol. The van der Waals surface area contributed by atoms with Crippen molar-refractivity contribution in [2.24, 2.45) is 0 Å². The minimum absolute atomic E-state index is 0.0271. The van der Waals surface area contributed by atoms with E-state index >= 15 is 0 Å². The normalized spacial score (nSPS) is 17.6. The van der Waals surface area contributed by atoms with Gasteiger partial charge in [-0.15, -0.1) is 0 Å². The highest BCUT2D eigenvalue weighted by atomic mass is 32.2. The monoisotopic (exact) mass is 366 g/mol. The third kappa shape index (κ3) is 4.23. The summed E-state index contributed by atoms with van der Waals surface area (Å²) >= 11 is 0. The Morgan fingerprint density at radius 1 is 1.28 bits per heavy atom. The minimum atomic E-state index is -3.68. The van der Waals surface area contributed by atoms with Gasteiger partial charge in [0.25, 0.3) is 5.91 Å². The molecule has 2 aliphatic rings. The van der Waals surface area contributed by atoms with Crippen LogP contribution in [0, 0.1) is 0 Å². The van der Waals surface area contributed by atoms with E-state index in [1.165, 1.54) is 24.3 Å². The van der Waals surface area contributed by atoms with E-state index in [1.807, 2.05) is 0 Å². The topological polar surface area (TPSA) is 110 Å². The zero-order chi connectivity index (χ0) is 18.0. The highest BCUT2D eigenvalue weighted by Gasteiger charge is 2.29. The van der Waals surface area contributed by atoms with Crippen molar-refractivity contribution in [1.82, 2.24) is 9.62 Å². The fourth-order valence-electron chi connectivity index (χ4n) is 2.48. The van der Waals surface area contributed by atoms with E-state index in [-0.39, 0.29) is 22.4 Å². The predicted octanol–water partition coefficient (Wildman–Crippen LogP) is 0.433. The molecule has 8 nitrogen and oxygen atoms in total. The summed E-state index contributed by atoms with van der Waals surface area (Å²) in [5.41, 5.74) is 0.0271. The molecule has 0 aromatic heterocycles. The molecule has 1 heterocycles. The van der Waals surface area contributed by atoms with Crippen LogP contribution in [0.4, 0.5) is 0 Å². The van der Waals surface area contributed by atoms with Crippen LogP contribution >= 0.6 is 0 Å². The van der Waals surface area contributed by atoms with Gasteiger partial charge in [0.1, 0.15) is 0 Å². The lowest BCUT2D eigenvalue weighted by atomic mass is 10.2. The van der Waals surface area contributed by atoms with Crippen LogP contribution < -0.4 is 4.72 Å². The molecular weight excluding hydrogens is 348 g/mol. The maximum atomic E-state index is 12.2. The molecule has 25 heavy (non-hydrogen) atoms. The van der Waals surface area contributed by atoms with E-state index in [1.54, 1.807) is 0 Å². The van der Waals surface area contributed by atoms with E-state index in [0.29, 0.717) is 19.4 Å². The van der Waals surface area contributed by atoms with Crippen molar-refractivity contribution in [3.8, 4) is 0 Å². The molecule has 1 aliphatic heterocycles. The van der Waals surface area contributed by atoms with Crippen LogP contribution in [-0.2, 0) is 24.3 Å². The van der Waals surface area contributed by atoms with Crippen molar-refractivity contribution < 1.29 is 27.5 Å². The van der Waals surface area contributed by atoms with Crippen molar-refractivity contribution >= 4 is 27.8 Å². The van der Waals surface area contributed by atoms with Gasteiger partial charge in [-0.25, -0.2) is 17.9 Å². The molecule has 2 amide bonds. The summed E-state index contributed by atoms with van der Waals surface area (Å²) in [5, 5.41) is 0. The fraction of sp³-hybridized carbons (Fsp3) is 0.438. The summed E-state index contributed by atoms with van der Waals surface area (Å²) in [5.74, 6) is -1.67. The van der Waals surface area contributed by atoms with Gasteiger partial charge in [0.05, 0.1) is 10.5 Å². The SMILES string of the molecule is O=C(OCC(=O)N1CCCC1=O)c1cccc(S(=O)(=O)NC2CC2)c1. The summed E-state index contributed by atoms with van der Waals surface area (Å²) in [4.78, 5) is 36.4. The van der Waals surface area contributed by atoms with Crippen LogP contribution in [0.5, 0.6) is 0 Å². The third-order valence-electron chi connectivity index (χ3n) is 3.98. The number of rotatable bonds is 6. The van der Waals surface area contributed by atoms with Crippen molar-refractivity contribution in [2.75, 3.05) is 13.2 Å². The van der Waals surface area contributed by atoms with Crippen LogP contribution in [-0.4, -0.2) is 50.3 Å². The molecule has 2 fully saturated rings. The van der Waals surface area contributed by atoms with Gasteiger partial charge in [-0.1, -0.05) is 6.07 Å². The molecule has 0 radical (unpaired) electrons. The van der Waals surface area contributed by atoms with E-state index in [4.69, 9.17) is 4.74 Å². The standard InChI is InChI=1S/C16H18N2O6S/c19-14-5-2-8-18(14)15(20)10-24-16(21)11-3-1-4-13(9-11)25(22,23)17-12-6-7-12/h1,3-4,9,12,17H,2,5-8,10H2. The molecule has 1 aromatic rings. The lowest BCUT2D eigenvalue weighted by Gasteiger charge is -2.13. The molecule has 0 spiro atoms. The lowest BCUT2D eigenvalue weighted by Crippen LogP contribution is -2.35. The summed E-state index contributed by atoms with van der Waals surface area (Å²) < 4.78 is 31.8. The van der Waals surface area contributed by atoms with E-state index in [2.05, 4.69) is 4.72 Å². The first kappa shape index (κ1) is 17.6. The number of carbonyl (C=O) groups is 3. The minimum Gasteiger partial charge on any atom is -0.452 e. The average molecular weight is 366 g/mol. The van der Waals surface area contributed by atoms with Crippen LogP contribution in [0.1, 0.15) is 36.0 Å². The number of nitrogens with one attached hydrogen (secondary N) is 1. The highest BCUT2D eigenvalue weighted by Crippen LogP contribution is 2.22. The van der Waals surface area contributed by atoms with Crippen LogP contribution in [0.15, 0.2) is 29.2 Å². The number of esters is 1. The van der Waals surface area contributed by atoms with Crippen LogP contribution in [0.2, 0.25) is 0 Å². The molecule has 0 bridgehead atoms. The summed E-state index contributed by atoms with van der Waals surface area (Å²) in [6, 6.07) is 5.39. The molecule has 1 saturated carbocycles. The smallest absolute Gasteiger partial charge is 0.338 e. The van der Waals surface area contributed by atoms with Crippen LogP contribution in [0.3, 0.4) is 0 Å². The number of carbonyl (C=O) groups excluding carboxylic acids is 3. The van der Waals surface area contributed by atoms with Crippen molar-refractivity contribution in [1.29, 1.82) is 0 Å². The van der Waals surface area contributed by atoms with Gasteiger partial charge in [0.2, 0.25) is 15.9 Å². The Morgan fingerprint density at radius 3 is 2.68 bits per heavy atom. The lowest BCUT2D eigenvalue weighted by molar-refractivity contribution is -0.143. The number of amides is 2. The van der Waals surface area contributed by atoms with Crippen molar-refractivity contribution in [3.63, 3.8) is 0 Å². The van der Waals surface area contributed by atoms with Gasteiger partial charge in [-0.3, -0.25) is 14.5 Å². The quantitative estimate of drug-likeness (QED) is 0.731. The van der Waals surface area contributed by atoms with Gasteiger partial charge in [0.15, 0.2) is 6.61 Å². The second-order valence-electron chi connectivity index (χ2n) is 6.04. The fourth-order valence-corrected chi connectivity index (χ4v) is 3.83. The Kier molecular flexibility index (Phi) is 4.87. The average Bonchev–Trinajstić information content (AvgIpc) is 3.29. The zero-order valence-electron chi connectivity index (χ0n) is 13.4. The first-order valence-electron chi connectivity index (χ1n) is 7.99. The van der Waals surface area contributed by atoms with E-state index in [9.17, 15) is 22.8 Å². The molecule has 1 saturated heterocycles.